The topological polar surface area (TPSA) is 88.4 Å². The molecule has 1 N–H and O–H groups in total. The van der Waals surface area contributed by atoms with Gasteiger partial charge in [-0.15, -0.1) is 0 Å². The number of unbranched alkanes of at least 4 members (excludes halogenated alkanes) is 1. The molecule has 0 aromatic heterocycles. The number of nitrogens with one attached hydrogen (secondary N) is 1. The van der Waals surface area contributed by atoms with Crippen molar-refractivity contribution in [2.24, 2.45) is 0 Å². The number of methoxy groups -OCH3 is 1. The fourth-order valence-electron chi connectivity index (χ4n) is 2.56. The fourth-order valence-corrected chi connectivity index (χ4v) is 2.56. The lowest BCUT2D eigenvalue weighted by molar-refractivity contribution is -0.141. The molecule has 1 amide bonds. The zero-order valence-electron chi connectivity index (χ0n) is 14.6. The lowest BCUT2D eigenvalue weighted by Gasteiger charge is -2.22. The Morgan fingerprint density at radius 1 is 1.29 bits per heavy atom. The molecule has 6 nitrogen and oxygen atoms in total. The molecule has 1 aromatic rings. The molecule has 1 aromatic carbocycles. The molecule has 0 aliphatic carbocycles. The summed E-state index contributed by atoms with van der Waals surface area (Å²) in [5, 5.41) is 11.8. The molecule has 0 heterocycles. The molecule has 0 fully saturated rings. The molecule has 24 heavy (non-hydrogen) atoms. The smallest absolute Gasteiger partial charge is 0.407 e. The lowest BCUT2D eigenvalue weighted by Crippen LogP contribution is -2.32. The highest BCUT2D eigenvalue weighted by Gasteiger charge is 2.23. The van der Waals surface area contributed by atoms with Crippen molar-refractivity contribution in [1.82, 2.24) is 5.32 Å². The van der Waals surface area contributed by atoms with Crippen molar-refractivity contribution in [3.8, 4) is 6.07 Å². The first-order chi connectivity index (χ1) is 11.4. The van der Waals surface area contributed by atoms with E-state index in [1.165, 1.54) is 7.11 Å². The Hall–Kier alpha value is -2.55. The second-order valence-electron chi connectivity index (χ2n) is 5.60. The number of esters is 1. The Balaban J connectivity index is 3.04. The van der Waals surface area contributed by atoms with E-state index in [9.17, 15) is 9.59 Å². The number of nitrogens with zero attached hydrogens (tertiary/aromatic N) is 1. The van der Waals surface area contributed by atoms with Gasteiger partial charge >= 0.3 is 12.1 Å². The van der Waals surface area contributed by atoms with E-state index >= 15 is 0 Å². The normalized spacial score (nSPS) is 11.3. The van der Waals surface area contributed by atoms with Crippen LogP contribution in [0.3, 0.4) is 0 Å². The maximum absolute atomic E-state index is 12.0. The van der Waals surface area contributed by atoms with Crippen LogP contribution < -0.4 is 5.32 Å². The maximum Gasteiger partial charge on any atom is 0.407 e. The van der Waals surface area contributed by atoms with Crippen molar-refractivity contribution >= 4 is 12.1 Å². The molecule has 0 spiro atoms. The number of carbonyl (C=O) groups excluding carboxylic acids is 2. The van der Waals surface area contributed by atoms with Crippen LogP contribution in [0.2, 0.25) is 0 Å². The summed E-state index contributed by atoms with van der Waals surface area (Å²) in [7, 11) is 1.30. The molecular formula is C18H24N2O4. The van der Waals surface area contributed by atoms with E-state index in [4.69, 9.17) is 14.7 Å². The molecular weight excluding hydrogens is 308 g/mol. The van der Waals surface area contributed by atoms with Gasteiger partial charge in [0, 0.05) is 0 Å². The first kappa shape index (κ1) is 19.5. The molecule has 0 aliphatic heterocycles. The third kappa shape index (κ3) is 5.58. The SMILES string of the molecule is CCCCOC(=O)NC(CC(=O)OC)c1c(C)cc(C#N)cc1C. The fraction of sp³-hybridized carbons (Fsp3) is 0.500. The molecule has 0 radical (unpaired) electrons. The summed E-state index contributed by atoms with van der Waals surface area (Å²) in [4.78, 5) is 23.7. The number of ether oxygens (including phenoxy) is 2. The summed E-state index contributed by atoms with van der Waals surface area (Å²) in [6, 6.07) is 4.99. The minimum atomic E-state index is -0.570. The van der Waals surface area contributed by atoms with Crippen molar-refractivity contribution in [3.63, 3.8) is 0 Å². The van der Waals surface area contributed by atoms with Gasteiger partial charge in [-0.1, -0.05) is 13.3 Å². The molecule has 6 heteroatoms. The Morgan fingerprint density at radius 3 is 2.42 bits per heavy atom. The summed E-state index contributed by atoms with van der Waals surface area (Å²) < 4.78 is 9.84. The summed E-state index contributed by atoms with van der Waals surface area (Å²) in [5.41, 5.74) is 2.99. The Labute approximate surface area is 142 Å². The zero-order chi connectivity index (χ0) is 18.1. The summed E-state index contributed by atoms with van der Waals surface area (Å²) in [6.07, 6.45) is 1.13. The van der Waals surface area contributed by atoms with Crippen molar-refractivity contribution in [3.05, 3.63) is 34.4 Å². The monoisotopic (exact) mass is 332 g/mol. The quantitative estimate of drug-likeness (QED) is 0.611. The van der Waals surface area contributed by atoms with Gasteiger partial charge in [-0.3, -0.25) is 4.79 Å². The van der Waals surface area contributed by atoms with E-state index in [1.807, 2.05) is 20.8 Å². The molecule has 0 saturated carbocycles. The Morgan fingerprint density at radius 2 is 1.92 bits per heavy atom. The van der Waals surface area contributed by atoms with Crippen molar-refractivity contribution in [2.75, 3.05) is 13.7 Å². The Bertz CT molecular complexity index is 611. The highest BCUT2D eigenvalue weighted by molar-refractivity contribution is 5.73. The zero-order valence-corrected chi connectivity index (χ0v) is 14.6. The van der Waals surface area contributed by atoms with Gasteiger partial charge in [-0.2, -0.15) is 5.26 Å². The molecule has 1 atom stereocenters. The van der Waals surface area contributed by atoms with Crippen LogP contribution in [0.5, 0.6) is 0 Å². The van der Waals surface area contributed by atoms with E-state index in [1.54, 1.807) is 12.1 Å². The van der Waals surface area contributed by atoms with Crippen molar-refractivity contribution < 1.29 is 19.1 Å². The van der Waals surface area contributed by atoms with E-state index in [-0.39, 0.29) is 6.42 Å². The van der Waals surface area contributed by atoms with Gasteiger partial charge in [0.25, 0.3) is 0 Å². The predicted molar refractivity (Wildman–Crippen MR) is 89.4 cm³/mol. The van der Waals surface area contributed by atoms with E-state index in [0.29, 0.717) is 12.2 Å². The van der Waals surface area contributed by atoms with E-state index in [2.05, 4.69) is 11.4 Å². The summed E-state index contributed by atoms with van der Waals surface area (Å²) in [6.45, 7) is 6.03. The predicted octanol–water partition coefficient (Wildman–Crippen LogP) is 3.31. The second-order valence-corrected chi connectivity index (χ2v) is 5.60. The van der Waals surface area contributed by atoms with E-state index in [0.717, 1.165) is 29.5 Å². The number of amides is 1. The van der Waals surface area contributed by atoms with Gasteiger partial charge in [0.15, 0.2) is 0 Å². The largest absolute Gasteiger partial charge is 0.469 e. The second kappa shape index (κ2) is 9.56. The van der Waals surface area contributed by atoms with E-state index < -0.39 is 18.1 Å². The number of hydrogen-bond acceptors (Lipinski definition) is 5. The minimum Gasteiger partial charge on any atom is -0.469 e. The van der Waals surface area contributed by atoms with Crippen LogP contribution in [0, 0.1) is 25.2 Å². The molecule has 0 saturated heterocycles. The number of rotatable bonds is 7. The average molecular weight is 332 g/mol. The molecule has 0 aliphatic rings. The van der Waals surface area contributed by atoms with Crippen LogP contribution in [0.4, 0.5) is 4.79 Å². The summed E-state index contributed by atoms with van der Waals surface area (Å²) >= 11 is 0. The van der Waals surface area contributed by atoms with Crippen molar-refractivity contribution in [2.45, 2.75) is 46.1 Å². The third-order valence-electron chi connectivity index (χ3n) is 3.69. The number of carbonyl (C=O) groups is 2. The van der Waals surface area contributed by atoms with Crippen LogP contribution in [0.25, 0.3) is 0 Å². The number of aryl methyl sites for hydroxylation is 2. The number of benzene rings is 1. The highest BCUT2D eigenvalue weighted by atomic mass is 16.5. The van der Waals surface area contributed by atoms with Gasteiger partial charge in [0.1, 0.15) is 0 Å². The van der Waals surface area contributed by atoms with Gasteiger partial charge in [-0.25, -0.2) is 4.79 Å². The summed E-state index contributed by atoms with van der Waals surface area (Å²) in [5.74, 6) is -0.433. The maximum atomic E-state index is 12.0. The number of hydrogen-bond donors (Lipinski definition) is 1. The van der Waals surface area contributed by atoms with Crippen LogP contribution in [0.15, 0.2) is 12.1 Å². The first-order valence-corrected chi connectivity index (χ1v) is 7.94. The average Bonchev–Trinajstić information content (AvgIpc) is 2.53. The van der Waals surface area contributed by atoms with Gasteiger partial charge in [0.05, 0.1) is 37.8 Å². The Kier molecular flexibility index (Phi) is 7.76. The molecule has 130 valence electrons. The van der Waals surface area contributed by atoms with Crippen LogP contribution in [-0.2, 0) is 14.3 Å². The minimum absolute atomic E-state index is 0.00699. The number of nitriles is 1. The van der Waals surface area contributed by atoms with Crippen LogP contribution >= 0.6 is 0 Å². The molecule has 1 unspecified atom stereocenters. The molecule has 1 rings (SSSR count). The standard InChI is InChI=1S/C18H24N2O4/c1-5-6-7-24-18(22)20-15(10-16(21)23-4)17-12(2)8-14(11-19)9-13(17)3/h8-9,15H,5-7,10H2,1-4H3,(H,20,22). The van der Waals surface area contributed by atoms with Crippen LogP contribution in [-0.4, -0.2) is 25.8 Å². The van der Waals surface area contributed by atoms with Gasteiger partial charge < -0.3 is 14.8 Å². The van der Waals surface area contributed by atoms with Gasteiger partial charge in [0.2, 0.25) is 0 Å². The number of alkyl carbamates (subject to hydrolysis) is 1. The lowest BCUT2D eigenvalue weighted by atomic mass is 9.92. The van der Waals surface area contributed by atoms with Gasteiger partial charge in [-0.05, 0) is 49.1 Å². The molecule has 0 bridgehead atoms. The van der Waals surface area contributed by atoms with Crippen LogP contribution in [0.1, 0.15) is 54.5 Å². The third-order valence-corrected chi connectivity index (χ3v) is 3.69. The van der Waals surface area contributed by atoms with Crippen molar-refractivity contribution in [1.29, 1.82) is 5.26 Å². The highest BCUT2D eigenvalue weighted by Crippen LogP contribution is 2.26. The first-order valence-electron chi connectivity index (χ1n) is 7.94.